The van der Waals surface area contributed by atoms with E-state index in [2.05, 4.69) is 6.92 Å². The summed E-state index contributed by atoms with van der Waals surface area (Å²) >= 11 is 0. The molecule has 200 valence electrons. The van der Waals surface area contributed by atoms with Crippen LogP contribution in [0.15, 0.2) is 70.3 Å². The molecule has 1 atom stereocenters. The number of aliphatic hydroxyl groups excluding tert-OH is 1. The third-order valence-corrected chi connectivity index (χ3v) is 7.29. The van der Waals surface area contributed by atoms with E-state index in [0.29, 0.717) is 18.7 Å². The van der Waals surface area contributed by atoms with Gasteiger partial charge in [0.15, 0.2) is 11.5 Å². The minimum Gasteiger partial charge on any atom is -0.503 e. The van der Waals surface area contributed by atoms with E-state index >= 15 is 0 Å². The van der Waals surface area contributed by atoms with Gasteiger partial charge >= 0.3 is 0 Å². The highest BCUT2D eigenvalue weighted by atomic mass is 16.5. The number of furan rings is 1. The normalized spacial score (nSPS) is 18.5. The summed E-state index contributed by atoms with van der Waals surface area (Å²) in [7, 11) is 0. The Bertz CT molecular complexity index is 1270. The summed E-state index contributed by atoms with van der Waals surface area (Å²) in [4.78, 5) is 30.1. The molecule has 2 N–H and O–H groups in total. The van der Waals surface area contributed by atoms with E-state index in [1.54, 1.807) is 17.0 Å². The Morgan fingerprint density at radius 3 is 2.61 bits per heavy atom. The first kappa shape index (κ1) is 26.0. The molecule has 2 aliphatic heterocycles. The number of nitrogens with zero attached hydrogens (tertiary/aromatic N) is 1. The number of carbonyl (C=O) groups is 2. The number of carbonyl (C=O) groups excluding carboxylic acids is 2. The highest BCUT2D eigenvalue weighted by Crippen LogP contribution is 2.40. The maximum absolute atomic E-state index is 13.7. The smallest absolute Gasteiger partial charge is 0.290 e. The molecule has 1 amide bonds. The van der Waals surface area contributed by atoms with Gasteiger partial charge in [0.2, 0.25) is 5.78 Å². The van der Waals surface area contributed by atoms with Crippen LogP contribution < -0.4 is 9.64 Å². The Morgan fingerprint density at radius 2 is 1.87 bits per heavy atom. The number of ether oxygens (including phenoxy) is 2. The maximum atomic E-state index is 13.7. The predicted octanol–water partition coefficient (Wildman–Crippen LogP) is 3.50. The highest BCUT2D eigenvalue weighted by Gasteiger charge is 2.44. The molecule has 3 heterocycles. The number of hydrogen-bond acceptors (Lipinski definition) is 6. The van der Waals surface area contributed by atoms with E-state index in [1.165, 1.54) is 4.90 Å². The lowest BCUT2D eigenvalue weighted by Crippen LogP contribution is -3.14. The number of morpholine rings is 1. The van der Waals surface area contributed by atoms with Gasteiger partial charge in [-0.05, 0) is 36.2 Å². The average Bonchev–Trinajstić information content (AvgIpc) is 3.49. The molecule has 38 heavy (non-hydrogen) atoms. The number of Topliss-reactive ketones (excluding diaryl/α,β-unsaturated/α-hetero) is 1. The summed E-state index contributed by atoms with van der Waals surface area (Å²) in [6, 6.07) is 15.7. The van der Waals surface area contributed by atoms with Gasteiger partial charge in [-0.1, -0.05) is 43.7 Å². The number of rotatable bonds is 11. The van der Waals surface area contributed by atoms with Crippen LogP contribution in [0.2, 0.25) is 0 Å². The van der Waals surface area contributed by atoms with Gasteiger partial charge in [-0.25, -0.2) is 0 Å². The van der Waals surface area contributed by atoms with Crippen molar-refractivity contribution in [3.8, 4) is 5.75 Å². The molecule has 8 heteroatoms. The van der Waals surface area contributed by atoms with Crippen LogP contribution >= 0.6 is 0 Å². The largest absolute Gasteiger partial charge is 0.503 e. The van der Waals surface area contributed by atoms with Crippen molar-refractivity contribution < 1.29 is 33.5 Å². The summed E-state index contributed by atoms with van der Waals surface area (Å²) in [6.07, 6.45) is 2.75. The van der Waals surface area contributed by atoms with Crippen molar-refractivity contribution in [2.75, 3.05) is 46.0 Å². The Balaban J connectivity index is 1.42. The van der Waals surface area contributed by atoms with E-state index in [0.717, 1.165) is 68.8 Å². The number of amides is 1. The van der Waals surface area contributed by atoms with E-state index in [9.17, 15) is 14.7 Å². The van der Waals surface area contributed by atoms with Gasteiger partial charge in [0.25, 0.3) is 5.91 Å². The molecule has 1 saturated heterocycles. The zero-order valence-corrected chi connectivity index (χ0v) is 21.8. The number of benzene rings is 2. The molecule has 0 saturated carbocycles. The first-order chi connectivity index (χ1) is 18.6. The lowest BCUT2D eigenvalue weighted by Gasteiger charge is -2.28. The van der Waals surface area contributed by atoms with Crippen molar-refractivity contribution in [2.24, 2.45) is 0 Å². The summed E-state index contributed by atoms with van der Waals surface area (Å²) in [5.41, 5.74) is 1.37. The molecule has 0 radical (unpaired) electrons. The zero-order valence-electron chi connectivity index (χ0n) is 21.8. The number of aliphatic hydroxyl groups is 1. The van der Waals surface area contributed by atoms with E-state index in [1.807, 2.05) is 42.5 Å². The second kappa shape index (κ2) is 11.8. The Hall–Kier alpha value is -3.62. The summed E-state index contributed by atoms with van der Waals surface area (Å²) in [5.74, 6) is -0.698. The quantitative estimate of drug-likeness (QED) is 0.298. The molecule has 1 fully saturated rings. The molecular weight excluding hydrogens is 484 g/mol. The molecule has 0 spiro atoms. The summed E-state index contributed by atoms with van der Waals surface area (Å²) < 4.78 is 17.1. The number of ketones is 1. The number of nitrogens with one attached hydrogen (secondary N) is 1. The average molecular weight is 520 g/mol. The van der Waals surface area contributed by atoms with Crippen molar-refractivity contribution in [3.05, 3.63) is 77.3 Å². The van der Waals surface area contributed by atoms with Crippen LogP contribution in [0.5, 0.6) is 5.75 Å². The maximum Gasteiger partial charge on any atom is 0.290 e. The van der Waals surface area contributed by atoms with Crippen molar-refractivity contribution >= 4 is 22.7 Å². The fourth-order valence-electron chi connectivity index (χ4n) is 5.18. The third kappa shape index (κ3) is 5.47. The molecule has 3 aromatic rings. The van der Waals surface area contributed by atoms with E-state index < -0.39 is 23.5 Å². The van der Waals surface area contributed by atoms with Crippen LogP contribution in [0.25, 0.3) is 11.0 Å². The Labute approximate surface area is 222 Å². The lowest BCUT2D eigenvalue weighted by molar-refractivity contribution is -0.908. The molecule has 2 aromatic carbocycles. The standard InChI is InChI=1S/C30H34N2O6/c1-2-3-17-37-23-11-9-21(10-12-23)27-26(28(33)25-20-22-7-4-5-8-24(22)38-25)29(34)30(35)32(27)14-6-13-31-15-18-36-19-16-31/h4-5,7-12,20,27,34H,2-3,6,13-19H2,1H3/p+1. The zero-order chi connectivity index (χ0) is 26.5. The third-order valence-electron chi connectivity index (χ3n) is 7.29. The SMILES string of the molecule is CCCCOc1ccc(C2C(C(=O)c3cc4ccccc4o3)=C(O)C(=O)N2CCC[NH+]2CCOCC2)cc1. The first-order valence-electron chi connectivity index (χ1n) is 13.5. The highest BCUT2D eigenvalue weighted by molar-refractivity contribution is 6.16. The summed E-state index contributed by atoms with van der Waals surface area (Å²) in [5, 5.41) is 11.8. The lowest BCUT2D eigenvalue weighted by atomic mass is 9.95. The van der Waals surface area contributed by atoms with Crippen molar-refractivity contribution in [3.63, 3.8) is 0 Å². The minimum absolute atomic E-state index is 0.0485. The topological polar surface area (TPSA) is 93.7 Å². The number of hydrogen-bond donors (Lipinski definition) is 2. The Morgan fingerprint density at radius 1 is 1.11 bits per heavy atom. The van der Waals surface area contributed by atoms with Gasteiger partial charge in [0.05, 0.1) is 38.0 Å². The van der Waals surface area contributed by atoms with Crippen LogP contribution in [0.4, 0.5) is 0 Å². The monoisotopic (exact) mass is 519 g/mol. The van der Waals surface area contributed by atoms with E-state index in [-0.39, 0.29) is 11.3 Å². The van der Waals surface area contributed by atoms with Crippen LogP contribution in [0, 0.1) is 0 Å². The molecule has 0 aliphatic carbocycles. The molecule has 1 aromatic heterocycles. The number of para-hydroxylation sites is 1. The number of fused-ring (bicyclic) bond motifs is 1. The van der Waals surface area contributed by atoms with Gasteiger partial charge in [-0.3, -0.25) is 9.59 Å². The molecule has 0 bridgehead atoms. The molecule has 5 rings (SSSR count). The minimum atomic E-state index is -0.715. The second-order valence-corrected chi connectivity index (χ2v) is 9.88. The predicted molar refractivity (Wildman–Crippen MR) is 142 cm³/mol. The van der Waals surface area contributed by atoms with Gasteiger partial charge < -0.3 is 28.8 Å². The Kier molecular flexibility index (Phi) is 8.10. The van der Waals surface area contributed by atoms with E-state index in [4.69, 9.17) is 13.9 Å². The summed E-state index contributed by atoms with van der Waals surface area (Å²) in [6.45, 7) is 7.41. The fourth-order valence-corrected chi connectivity index (χ4v) is 5.18. The van der Waals surface area contributed by atoms with Crippen molar-refractivity contribution in [1.29, 1.82) is 0 Å². The van der Waals surface area contributed by atoms with Crippen LogP contribution in [-0.4, -0.2) is 67.7 Å². The number of quaternary nitrogens is 1. The molecule has 8 nitrogen and oxygen atoms in total. The van der Waals surface area contributed by atoms with Gasteiger partial charge in [-0.15, -0.1) is 0 Å². The van der Waals surface area contributed by atoms with Crippen LogP contribution in [-0.2, 0) is 9.53 Å². The molecule has 1 unspecified atom stereocenters. The molecule has 2 aliphatic rings. The van der Waals surface area contributed by atoms with Crippen molar-refractivity contribution in [2.45, 2.75) is 32.2 Å². The van der Waals surface area contributed by atoms with Crippen LogP contribution in [0.3, 0.4) is 0 Å². The van der Waals surface area contributed by atoms with Gasteiger partial charge in [0.1, 0.15) is 24.4 Å². The second-order valence-electron chi connectivity index (χ2n) is 9.88. The van der Waals surface area contributed by atoms with Gasteiger partial charge in [0, 0.05) is 18.4 Å². The molecular formula is C30H35N2O6+. The van der Waals surface area contributed by atoms with Crippen LogP contribution in [0.1, 0.15) is 48.3 Å². The first-order valence-corrected chi connectivity index (χ1v) is 13.5. The number of unbranched alkanes of at least 4 members (excludes halogenated alkanes) is 1. The van der Waals surface area contributed by atoms with Gasteiger partial charge in [-0.2, -0.15) is 0 Å². The fraction of sp³-hybridized carbons (Fsp3) is 0.400. The van der Waals surface area contributed by atoms with Crippen molar-refractivity contribution in [1.82, 2.24) is 4.90 Å².